The lowest BCUT2D eigenvalue weighted by atomic mass is 10.2. The first kappa shape index (κ1) is 14.5. The molecule has 0 aliphatic rings. The van der Waals surface area contributed by atoms with E-state index in [-0.39, 0.29) is 0 Å². The van der Waals surface area contributed by atoms with E-state index in [1.165, 1.54) is 0 Å². The summed E-state index contributed by atoms with van der Waals surface area (Å²) in [4.78, 5) is 0. The van der Waals surface area contributed by atoms with Gasteiger partial charge >= 0.3 is 0 Å². The fraction of sp³-hybridized carbons (Fsp3) is 0.143. The summed E-state index contributed by atoms with van der Waals surface area (Å²) in [5.74, 6) is 0.791. The SMILES string of the molecule is COc1cc(Br)cc(NCc2ccc(Cl)cc2Cl)c1. The molecule has 0 bridgehead atoms. The molecule has 0 aliphatic carbocycles. The van der Waals surface area contributed by atoms with Crippen LogP contribution in [0.25, 0.3) is 0 Å². The Bertz CT molecular complexity index is 590. The first-order valence-electron chi connectivity index (χ1n) is 5.61. The first-order chi connectivity index (χ1) is 9.08. The zero-order valence-electron chi connectivity index (χ0n) is 10.2. The normalized spacial score (nSPS) is 10.3. The highest BCUT2D eigenvalue weighted by atomic mass is 79.9. The lowest BCUT2D eigenvalue weighted by molar-refractivity contribution is 0.414. The van der Waals surface area contributed by atoms with Gasteiger partial charge in [-0.05, 0) is 29.8 Å². The van der Waals surface area contributed by atoms with Gasteiger partial charge in [0.05, 0.1) is 7.11 Å². The van der Waals surface area contributed by atoms with Crippen LogP contribution in [-0.4, -0.2) is 7.11 Å². The minimum atomic E-state index is 0.621. The number of nitrogens with one attached hydrogen (secondary N) is 1. The van der Waals surface area contributed by atoms with Gasteiger partial charge in [0, 0.05) is 32.8 Å². The summed E-state index contributed by atoms with van der Waals surface area (Å²) in [5.41, 5.74) is 1.95. The second kappa shape index (κ2) is 6.51. The predicted octanol–water partition coefficient (Wildman–Crippen LogP) is 5.38. The van der Waals surface area contributed by atoms with Crippen molar-refractivity contribution >= 4 is 44.8 Å². The third kappa shape index (κ3) is 4.03. The van der Waals surface area contributed by atoms with E-state index in [9.17, 15) is 0 Å². The first-order valence-corrected chi connectivity index (χ1v) is 7.16. The third-order valence-corrected chi connectivity index (χ3v) is 3.65. The van der Waals surface area contributed by atoms with E-state index in [0.717, 1.165) is 21.5 Å². The molecule has 0 aromatic heterocycles. The Morgan fingerprint density at radius 1 is 1.16 bits per heavy atom. The van der Waals surface area contributed by atoms with Crippen LogP contribution in [0.15, 0.2) is 40.9 Å². The van der Waals surface area contributed by atoms with Crippen LogP contribution < -0.4 is 10.1 Å². The van der Waals surface area contributed by atoms with Crippen molar-refractivity contribution in [3.63, 3.8) is 0 Å². The number of rotatable bonds is 4. The number of methoxy groups -OCH3 is 1. The minimum Gasteiger partial charge on any atom is -0.497 e. The molecule has 0 aliphatic heterocycles. The summed E-state index contributed by atoms with van der Waals surface area (Å²) >= 11 is 15.4. The maximum atomic E-state index is 6.13. The van der Waals surface area contributed by atoms with Crippen LogP contribution in [0, 0.1) is 0 Å². The van der Waals surface area contributed by atoms with Crippen molar-refractivity contribution in [1.29, 1.82) is 0 Å². The van der Waals surface area contributed by atoms with Crippen LogP contribution in [0.2, 0.25) is 10.0 Å². The number of benzene rings is 2. The molecular weight excluding hydrogens is 349 g/mol. The molecule has 2 aromatic rings. The lowest BCUT2D eigenvalue weighted by Crippen LogP contribution is -2.00. The molecule has 5 heteroatoms. The second-order valence-electron chi connectivity index (χ2n) is 3.97. The smallest absolute Gasteiger partial charge is 0.122 e. The quantitative estimate of drug-likeness (QED) is 0.790. The molecule has 0 spiro atoms. The van der Waals surface area contributed by atoms with Gasteiger partial charge in [0.15, 0.2) is 0 Å². The lowest BCUT2D eigenvalue weighted by Gasteiger charge is -2.10. The van der Waals surface area contributed by atoms with Crippen molar-refractivity contribution in [1.82, 2.24) is 0 Å². The molecule has 100 valence electrons. The number of halogens is 3. The Morgan fingerprint density at radius 2 is 1.95 bits per heavy atom. The van der Waals surface area contributed by atoms with Crippen molar-refractivity contribution in [2.45, 2.75) is 6.54 Å². The Balaban J connectivity index is 2.12. The zero-order valence-corrected chi connectivity index (χ0v) is 13.3. The maximum absolute atomic E-state index is 6.13. The summed E-state index contributed by atoms with van der Waals surface area (Å²) in [7, 11) is 1.64. The molecule has 2 aromatic carbocycles. The molecule has 0 atom stereocenters. The second-order valence-corrected chi connectivity index (χ2v) is 5.73. The highest BCUT2D eigenvalue weighted by molar-refractivity contribution is 9.10. The monoisotopic (exact) mass is 359 g/mol. The van der Waals surface area contributed by atoms with Crippen LogP contribution in [0.5, 0.6) is 5.75 Å². The molecular formula is C14H12BrCl2NO. The van der Waals surface area contributed by atoms with E-state index in [0.29, 0.717) is 16.6 Å². The van der Waals surface area contributed by atoms with Gasteiger partial charge in [0.2, 0.25) is 0 Å². The standard InChI is InChI=1S/C14H12BrCl2NO/c1-19-13-5-10(15)4-12(7-13)18-8-9-2-3-11(16)6-14(9)17/h2-7,18H,8H2,1H3. The Morgan fingerprint density at radius 3 is 2.63 bits per heavy atom. The average molecular weight is 361 g/mol. The van der Waals surface area contributed by atoms with Gasteiger partial charge in [-0.1, -0.05) is 45.2 Å². The molecule has 1 N–H and O–H groups in total. The van der Waals surface area contributed by atoms with Crippen LogP contribution in [0.3, 0.4) is 0 Å². The van der Waals surface area contributed by atoms with Crippen molar-refractivity contribution in [3.8, 4) is 5.75 Å². The van der Waals surface area contributed by atoms with Crippen LogP contribution in [-0.2, 0) is 6.54 Å². The average Bonchev–Trinajstić information content (AvgIpc) is 2.37. The van der Waals surface area contributed by atoms with Gasteiger partial charge in [-0.15, -0.1) is 0 Å². The summed E-state index contributed by atoms with van der Waals surface area (Å²) in [6.07, 6.45) is 0. The highest BCUT2D eigenvalue weighted by Crippen LogP contribution is 2.26. The van der Waals surface area contributed by atoms with Crippen LogP contribution in [0.1, 0.15) is 5.56 Å². The molecule has 0 amide bonds. The molecule has 0 saturated heterocycles. The van der Waals surface area contributed by atoms with Gasteiger partial charge in [-0.3, -0.25) is 0 Å². The Labute approximate surface area is 130 Å². The van der Waals surface area contributed by atoms with E-state index in [4.69, 9.17) is 27.9 Å². The molecule has 0 fully saturated rings. The fourth-order valence-corrected chi connectivity index (χ4v) is 2.59. The Hall–Kier alpha value is -0.900. The van der Waals surface area contributed by atoms with Gasteiger partial charge in [0.1, 0.15) is 5.75 Å². The minimum absolute atomic E-state index is 0.621. The zero-order chi connectivity index (χ0) is 13.8. The van der Waals surface area contributed by atoms with Crippen LogP contribution >= 0.6 is 39.1 Å². The summed E-state index contributed by atoms with van der Waals surface area (Å²) in [5, 5.41) is 4.59. The molecule has 0 saturated carbocycles. The number of hydrogen-bond donors (Lipinski definition) is 1. The van der Waals surface area contributed by atoms with Gasteiger partial charge in [0.25, 0.3) is 0 Å². The topological polar surface area (TPSA) is 21.3 Å². The van der Waals surface area contributed by atoms with Gasteiger partial charge in [-0.2, -0.15) is 0 Å². The van der Waals surface area contributed by atoms with E-state index in [1.54, 1.807) is 13.2 Å². The summed E-state index contributed by atoms with van der Waals surface area (Å²) in [6, 6.07) is 11.3. The molecule has 19 heavy (non-hydrogen) atoms. The van der Waals surface area contributed by atoms with E-state index < -0.39 is 0 Å². The maximum Gasteiger partial charge on any atom is 0.122 e. The Kier molecular flexibility index (Phi) is 4.97. The van der Waals surface area contributed by atoms with Crippen LogP contribution in [0.4, 0.5) is 5.69 Å². The van der Waals surface area contributed by atoms with Gasteiger partial charge < -0.3 is 10.1 Å². The number of ether oxygens (including phenoxy) is 1. The van der Waals surface area contributed by atoms with E-state index >= 15 is 0 Å². The number of hydrogen-bond acceptors (Lipinski definition) is 2. The summed E-state index contributed by atoms with van der Waals surface area (Å²) in [6.45, 7) is 0.621. The largest absolute Gasteiger partial charge is 0.497 e. The summed E-state index contributed by atoms with van der Waals surface area (Å²) < 4.78 is 6.17. The molecule has 2 nitrogen and oxygen atoms in total. The predicted molar refractivity (Wildman–Crippen MR) is 84.5 cm³/mol. The van der Waals surface area contributed by atoms with Crippen molar-refractivity contribution in [3.05, 3.63) is 56.5 Å². The third-order valence-electron chi connectivity index (χ3n) is 2.61. The molecule has 0 radical (unpaired) electrons. The van der Waals surface area contributed by atoms with Gasteiger partial charge in [-0.25, -0.2) is 0 Å². The van der Waals surface area contributed by atoms with Crippen molar-refractivity contribution in [2.75, 3.05) is 12.4 Å². The van der Waals surface area contributed by atoms with Crippen molar-refractivity contribution in [2.24, 2.45) is 0 Å². The molecule has 0 unspecified atom stereocenters. The van der Waals surface area contributed by atoms with E-state index in [1.807, 2.05) is 30.3 Å². The molecule has 2 rings (SSSR count). The van der Waals surface area contributed by atoms with E-state index in [2.05, 4.69) is 21.2 Å². The number of anilines is 1. The fourth-order valence-electron chi connectivity index (χ4n) is 1.64. The highest BCUT2D eigenvalue weighted by Gasteiger charge is 2.03. The van der Waals surface area contributed by atoms with Crippen molar-refractivity contribution < 1.29 is 4.74 Å². The molecule has 0 heterocycles.